The minimum Gasteiger partial charge on any atom is -0.871 e. The smallest absolute Gasteiger partial charge is 0.871 e. The van der Waals surface area contributed by atoms with E-state index in [1.54, 1.807) is 48.5 Å². The maximum Gasteiger partial charge on any atom is 2.00 e. The van der Waals surface area contributed by atoms with Gasteiger partial charge in [0.15, 0.2) is 0 Å². The maximum absolute atomic E-state index is 11.2. The van der Waals surface area contributed by atoms with Crippen molar-refractivity contribution in [3.8, 4) is 11.5 Å². The van der Waals surface area contributed by atoms with Gasteiger partial charge in [-0.2, -0.15) is 0 Å². The van der Waals surface area contributed by atoms with Crippen LogP contribution in [0.25, 0.3) is 21.8 Å². The molecular formula is C20H12CuN2O6. The summed E-state index contributed by atoms with van der Waals surface area (Å²) in [7, 11) is 0. The van der Waals surface area contributed by atoms with Crippen LogP contribution in [-0.2, 0) is 17.1 Å². The Hall–Kier alpha value is -3.68. The van der Waals surface area contributed by atoms with Crippen LogP contribution in [0.15, 0.2) is 60.7 Å². The van der Waals surface area contributed by atoms with Crippen LogP contribution in [0.2, 0.25) is 0 Å². The Morgan fingerprint density at radius 1 is 0.690 bits per heavy atom. The number of hydrogen-bond donors (Lipinski definition) is 2. The van der Waals surface area contributed by atoms with Gasteiger partial charge in [-0.1, -0.05) is 60.0 Å². The Labute approximate surface area is 174 Å². The number of rotatable bonds is 2. The van der Waals surface area contributed by atoms with Crippen molar-refractivity contribution in [2.75, 3.05) is 0 Å². The van der Waals surface area contributed by atoms with Crippen molar-refractivity contribution in [1.82, 2.24) is 9.97 Å². The van der Waals surface area contributed by atoms with Crippen molar-refractivity contribution in [1.29, 1.82) is 0 Å². The summed E-state index contributed by atoms with van der Waals surface area (Å²) in [4.78, 5) is 28.7. The molecule has 29 heavy (non-hydrogen) atoms. The van der Waals surface area contributed by atoms with Crippen LogP contribution in [0.1, 0.15) is 21.0 Å². The number of hydrogen-bond acceptors (Lipinski definition) is 6. The van der Waals surface area contributed by atoms with Crippen molar-refractivity contribution >= 4 is 33.7 Å². The fourth-order valence-corrected chi connectivity index (χ4v) is 2.50. The van der Waals surface area contributed by atoms with E-state index in [-0.39, 0.29) is 17.1 Å². The summed E-state index contributed by atoms with van der Waals surface area (Å²) in [5.41, 5.74) is 0.182. The third-order valence-electron chi connectivity index (χ3n) is 3.78. The van der Waals surface area contributed by atoms with Gasteiger partial charge < -0.3 is 20.4 Å². The molecule has 149 valence electrons. The van der Waals surface area contributed by atoms with Gasteiger partial charge in [0.1, 0.15) is 11.4 Å². The predicted octanol–water partition coefficient (Wildman–Crippen LogP) is 2.01. The van der Waals surface area contributed by atoms with E-state index in [1.807, 2.05) is 0 Å². The van der Waals surface area contributed by atoms with Crippen LogP contribution in [0.3, 0.4) is 0 Å². The topological polar surface area (TPSA) is 146 Å². The van der Waals surface area contributed by atoms with Crippen LogP contribution in [0, 0.1) is 0 Å². The van der Waals surface area contributed by atoms with Crippen LogP contribution in [0.5, 0.6) is 11.5 Å². The summed E-state index contributed by atoms with van der Waals surface area (Å²) in [5.74, 6) is -3.70. The average molecular weight is 440 g/mol. The van der Waals surface area contributed by atoms with Gasteiger partial charge in [-0.05, 0) is 22.9 Å². The van der Waals surface area contributed by atoms with E-state index in [1.165, 1.54) is 12.1 Å². The summed E-state index contributed by atoms with van der Waals surface area (Å²) >= 11 is 0. The SMILES string of the molecule is O=C(O)c1nc2ccccc2cc1[O-].O=C(O)c1nc2ccccc2cc1[O-].[Cu+2]. The first-order valence-corrected chi connectivity index (χ1v) is 7.97. The van der Waals surface area contributed by atoms with E-state index >= 15 is 0 Å². The van der Waals surface area contributed by atoms with Gasteiger partial charge >= 0.3 is 29.0 Å². The number of aromatic carboxylic acids is 2. The molecule has 8 nitrogen and oxygen atoms in total. The zero-order valence-electron chi connectivity index (χ0n) is 14.5. The number of fused-ring (bicyclic) bond motifs is 2. The molecule has 0 saturated carbocycles. The van der Waals surface area contributed by atoms with Crippen LogP contribution in [-0.4, -0.2) is 32.1 Å². The molecule has 2 aromatic carbocycles. The Bertz CT molecular complexity index is 1120. The van der Waals surface area contributed by atoms with E-state index in [9.17, 15) is 19.8 Å². The third-order valence-corrected chi connectivity index (χ3v) is 3.78. The Kier molecular flexibility index (Phi) is 6.71. The first kappa shape index (κ1) is 21.6. The van der Waals surface area contributed by atoms with Crippen molar-refractivity contribution in [2.45, 2.75) is 0 Å². The van der Waals surface area contributed by atoms with Gasteiger partial charge in [0.25, 0.3) is 0 Å². The maximum atomic E-state index is 11.2. The number of pyridine rings is 2. The molecule has 0 aliphatic carbocycles. The van der Waals surface area contributed by atoms with Gasteiger partial charge in [0.05, 0.1) is 11.0 Å². The summed E-state index contributed by atoms with van der Waals surface area (Å²) in [6.45, 7) is 0. The molecule has 0 bridgehead atoms. The number of carbonyl (C=O) groups is 2. The zero-order valence-corrected chi connectivity index (χ0v) is 15.4. The molecule has 0 unspecified atom stereocenters. The molecule has 0 aliphatic rings. The van der Waals surface area contributed by atoms with Crippen molar-refractivity contribution < 1.29 is 47.1 Å². The fraction of sp³-hybridized carbons (Fsp3) is 0. The number of benzene rings is 2. The monoisotopic (exact) mass is 439 g/mol. The van der Waals surface area contributed by atoms with E-state index in [0.717, 1.165) is 0 Å². The number of carboxylic acid groups (broad SMARTS) is 2. The Morgan fingerprint density at radius 2 is 1.03 bits per heavy atom. The number of para-hydroxylation sites is 2. The second-order valence-electron chi connectivity index (χ2n) is 5.67. The van der Waals surface area contributed by atoms with Crippen LogP contribution < -0.4 is 10.2 Å². The molecule has 4 aromatic rings. The normalized spacial score (nSPS) is 9.93. The first-order valence-electron chi connectivity index (χ1n) is 7.97. The molecule has 2 aromatic heterocycles. The molecule has 2 N–H and O–H groups in total. The molecule has 1 radical (unpaired) electrons. The van der Waals surface area contributed by atoms with Crippen molar-refractivity contribution in [3.05, 3.63) is 72.1 Å². The summed E-state index contributed by atoms with van der Waals surface area (Å²) in [5, 5.41) is 41.1. The molecule has 0 saturated heterocycles. The van der Waals surface area contributed by atoms with Crippen LogP contribution in [0.4, 0.5) is 0 Å². The zero-order chi connectivity index (χ0) is 20.3. The molecular weight excluding hydrogens is 428 g/mol. The Balaban J connectivity index is 0.000000200. The Morgan fingerprint density at radius 3 is 1.38 bits per heavy atom. The second-order valence-corrected chi connectivity index (χ2v) is 5.67. The van der Waals surface area contributed by atoms with Crippen molar-refractivity contribution in [3.63, 3.8) is 0 Å². The van der Waals surface area contributed by atoms with Gasteiger partial charge in [-0.25, -0.2) is 19.6 Å². The summed E-state index contributed by atoms with van der Waals surface area (Å²) in [6, 6.07) is 16.4. The largest absolute Gasteiger partial charge is 2.00 e. The van der Waals surface area contributed by atoms with E-state index in [4.69, 9.17) is 10.2 Å². The van der Waals surface area contributed by atoms with Gasteiger partial charge in [0, 0.05) is 0 Å². The molecule has 4 rings (SSSR count). The second kappa shape index (κ2) is 9.01. The molecule has 0 aliphatic heterocycles. The van der Waals surface area contributed by atoms with E-state index in [2.05, 4.69) is 9.97 Å². The molecule has 0 fully saturated rings. The third kappa shape index (κ3) is 4.78. The van der Waals surface area contributed by atoms with Crippen LogP contribution >= 0.6 is 0 Å². The van der Waals surface area contributed by atoms with E-state index < -0.39 is 34.8 Å². The molecule has 9 heteroatoms. The van der Waals surface area contributed by atoms with Crippen molar-refractivity contribution in [2.24, 2.45) is 0 Å². The fourth-order valence-electron chi connectivity index (χ4n) is 2.50. The number of carboxylic acids is 2. The van der Waals surface area contributed by atoms with Gasteiger partial charge in [0.2, 0.25) is 0 Å². The molecule has 0 atom stereocenters. The summed E-state index contributed by atoms with van der Waals surface area (Å²) in [6.07, 6.45) is 0. The first-order chi connectivity index (χ1) is 13.4. The standard InChI is InChI=1S/2C10H7NO3.Cu/c2*12-8-5-6-3-1-2-4-7(6)11-9(8)10(13)14;/h2*1-5,12H,(H,13,14);/q;;+2/p-2. The quantitative estimate of drug-likeness (QED) is 0.451. The molecule has 0 spiro atoms. The molecule has 0 amide bonds. The minimum absolute atomic E-state index is 0. The number of aromatic nitrogens is 2. The van der Waals surface area contributed by atoms with Gasteiger partial charge in [-0.15, -0.1) is 0 Å². The molecule has 2 heterocycles. The minimum atomic E-state index is -1.29. The van der Waals surface area contributed by atoms with Gasteiger partial charge in [-0.3, -0.25) is 0 Å². The number of nitrogens with zero attached hydrogens (tertiary/aromatic N) is 2. The van der Waals surface area contributed by atoms with E-state index in [0.29, 0.717) is 21.8 Å². The summed E-state index contributed by atoms with van der Waals surface area (Å²) < 4.78 is 0. The average Bonchev–Trinajstić information content (AvgIpc) is 2.67. The predicted molar refractivity (Wildman–Crippen MR) is 96.3 cm³/mol.